The summed E-state index contributed by atoms with van der Waals surface area (Å²) in [5.41, 5.74) is 0. The number of aliphatic carboxylic acids is 2. The number of nitrogens with one attached hydrogen (secondary N) is 4. The summed E-state index contributed by atoms with van der Waals surface area (Å²) in [5, 5.41) is 29.7. The SMILES string of the molecule is CCCCCCCCCCCC(=O)NCCCC[C@@H](NC(=O)CCC(=O)N[C@H](CCCCNC(=O)CCCCCCCCCCC)C(=O)O)C(=O)O. The van der Waals surface area contributed by atoms with E-state index in [1.165, 1.54) is 77.0 Å². The number of rotatable bonds is 37. The molecule has 12 nitrogen and oxygen atoms in total. The minimum absolute atomic E-state index is 0.00208. The van der Waals surface area contributed by atoms with Crippen LogP contribution in [0, 0.1) is 0 Å². The van der Waals surface area contributed by atoms with Crippen LogP contribution in [0.3, 0.4) is 0 Å². The highest BCUT2D eigenvalue weighted by molar-refractivity contribution is 5.88. The van der Waals surface area contributed by atoms with E-state index in [4.69, 9.17) is 0 Å². The van der Waals surface area contributed by atoms with Crippen LogP contribution in [0.15, 0.2) is 0 Å². The maximum atomic E-state index is 12.4. The predicted octanol–water partition coefficient (Wildman–Crippen LogP) is 7.32. The van der Waals surface area contributed by atoms with Crippen molar-refractivity contribution in [3.05, 3.63) is 0 Å². The molecule has 0 radical (unpaired) electrons. The van der Waals surface area contributed by atoms with Crippen molar-refractivity contribution >= 4 is 35.6 Å². The molecule has 0 aliphatic rings. The molecule has 52 heavy (non-hydrogen) atoms. The zero-order chi connectivity index (χ0) is 38.7. The summed E-state index contributed by atoms with van der Waals surface area (Å²) in [7, 11) is 0. The Labute approximate surface area is 314 Å². The van der Waals surface area contributed by atoms with E-state index in [0.717, 1.165) is 38.5 Å². The number of carbonyl (C=O) groups excluding carboxylic acids is 4. The Morgan fingerprint density at radius 3 is 1.00 bits per heavy atom. The predicted molar refractivity (Wildman–Crippen MR) is 206 cm³/mol. The van der Waals surface area contributed by atoms with E-state index < -0.39 is 35.8 Å². The topological polar surface area (TPSA) is 191 Å². The van der Waals surface area contributed by atoms with Crippen LogP contribution >= 0.6 is 0 Å². The van der Waals surface area contributed by atoms with Gasteiger partial charge >= 0.3 is 11.9 Å². The van der Waals surface area contributed by atoms with Gasteiger partial charge < -0.3 is 31.5 Å². The van der Waals surface area contributed by atoms with Crippen LogP contribution in [-0.4, -0.2) is 71.0 Å². The summed E-state index contributed by atoms with van der Waals surface area (Å²) >= 11 is 0. The van der Waals surface area contributed by atoms with Gasteiger partial charge in [-0.05, 0) is 51.4 Å². The molecule has 0 fully saturated rings. The lowest BCUT2D eigenvalue weighted by Crippen LogP contribution is -2.43. The summed E-state index contributed by atoms with van der Waals surface area (Å²) in [6.07, 6.45) is 24.3. The molecule has 0 saturated carbocycles. The third kappa shape index (κ3) is 31.5. The number of carbonyl (C=O) groups is 6. The minimum atomic E-state index is -1.18. The lowest BCUT2D eigenvalue weighted by molar-refractivity contribution is -0.143. The molecule has 0 aromatic carbocycles. The van der Waals surface area contributed by atoms with Gasteiger partial charge in [-0.1, -0.05) is 117 Å². The van der Waals surface area contributed by atoms with E-state index in [1.807, 2.05) is 0 Å². The Morgan fingerprint density at radius 1 is 0.385 bits per heavy atom. The van der Waals surface area contributed by atoms with Gasteiger partial charge in [-0.25, -0.2) is 9.59 Å². The highest BCUT2D eigenvalue weighted by Gasteiger charge is 2.22. The van der Waals surface area contributed by atoms with Gasteiger partial charge in [0.05, 0.1) is 0 Å². The first-order chi connectivity index (χ1) is 25.1. The van der Waals surface area contributed by atoms with E-state index in [9.17, 15) is 39.0 Å². The summed E-state index contributed by atoms with van der Waals surface area (Å²) in [6.45, 7) is 5.30. The largest absolute Gasteiger partial charge is 0.480 e. The normalized spacial score (nSPS) is 12.1. The first-order valence-corrected chi connectivity index (χ1v) is 20.7. The second-order valence-corrected chi connectivity index (χ2v) is 14.3. The molecule has 6 N–H and O–H groups in total. The molecular formula is C40H74N4O8. The summed E-state index contributed by atoms with van der Waals surface area (Å²) in [4.78, 5) is 72.2. The van der Waals surface area contributed by atoms with Crippen LogP contribution in [0.5, 0.6) is 0 Å². The van der Waals surface area contributed by atoms with Crippen molar-refractivity contribution in [3.63, 3.8) is 0 Å². The van der Waals surface area contributed by atoms with Gasteiger partial charge in [-0.3, -0.25) is 19.2 Å². The van der Waals surface area contributed by atoms with E-state index in [2.05, 4.69) is 35.1 Å². The van der Waals surface area contributed by atoms with Crippen LogP contribution < -0.4 is 21.3 Å². The molecule has 0 aromatic heterocycles. The molecular weight excluding hydrogens is 664 g/mol. The molecule has 2 atom stereocenters. The smallest absolute Gasteiger partial charge is 0.326 e. The van der Waals surface area contributed by atoms with Gasteiger partial charge in [-0.2, -0.15) is 0 Å². The van der Waals surface area contributed by atoms with Crippen molar-refractivity contribution in [2.24, 2.45) is 0 Å². The van der Waals surface area contributed by atoms with Crippen molar-refractivity contribution in [3.8, 4) is 0 Å². The number of hydrogen-bond acceptors (Lipinski definition) is 6. The Kier molecular flexibility index (Phi) is 32.7. The maximum absolute atomic E-state index is 12.4. The number of hydrogen-bond donors (Lipinski definition) is 6. The van der Waals surface area contributed by atoms with Crippen molar-refractivity contribution in [1.29, 1.82) is 0 Å². The molecule has 0 spiro atoms. The van der Waals surface area contributed by atoms with Crippen LogP contribution in [0.4, 0.5) is 0 Å². The highest BCUT2D eigenvalue weighted by Crippen LogP contribution is 2.12. The van der Waals surface area contributed by atoms with Crippen LogP contribution in [0.25, 0.3) is 0 Å². The molecule has 12 heteroatoms. The maximum Gasteiger partial charge on any atom is 0.326 e. The average Bonchev–Trinajstić information content (AvgIpc) is 3.11. The van der Waals surface area contributed by atoms with E-state index >= 15 is 0 Å². The summed E-state index contributed by atoms with van der Waals surface area (Å²) in [5.74, 6) is -3.59. The van der Waals surface area contributed by atoms with E-state index in [-0.39, 0.29) is 37.5 Å². The van der Waals surface area contributed by atoms with Crippen molar-refractivity contribution in [2.45, 2.75) is 206 Å². The zero-order valence-corrected chi connectivity index (χ0v) is 32.7. The third-order valence-corrected chi connectivity index (χ3v) is 9.34. The van der Waals surface area contributed by atoms with Crippen molar-refractivity contribution in [1.82, 2.24) is 21.3 Å². The molecule has 0 bridgehead atoms. The number of unbranched alkanes of at least 4 members (excludes halogenated alkanes) is 18. The minimum Gasteiger partial charge on any atom is -0.480 e. The number of carboxylic acids is 2. The van der Waals surface area contributed by atoms with Gasteiger partial charge in [0.1, 0.15) is 12.1 Å². The van der Waals surface area contributed by atoms with Gasteiger partial charge in [0.2, 0.25) is 23.6 Å². The lowest BCUT2D eigenvalue weighted by atomic mass is 10.1. The molecule has 0 aliphatic heterocycles. The molecule has 0 heterocycles. The molecule has 4 amide bonds. The molecule has 0 unspecified atom stereocenters. The Balaban J connectivity index is 4.07. The monoisotopic (exact) mass is 739 g/mol. The average molecular weight is 739 g/mol. The number of carboxylic acid groups (broad SMARTS) is 2. The zero-order valence-electron chi connectivity index (χ0n) is 32.7. The van der Waals surface area contributed by atoms with Crippen molar-refractivity contribution < 1.29 is 39.0 Å². The van der Waals surface area contributed by atoms with E-state index in [1.54, 1.807) is 0 Å². The second-order valence-electron chi connectivity index (χ2n) is 14.3. The third-order valence-electron chi connectivity index (χ3n) is 9.34. The van der Waals surface area contributed by atoms with Crippen LogP contribution in [0.2, 0.25) is 0 Å². The fraction of sp³-hybridized carbons (Fsp3) is 0.850. The van der Waals surface area contributed by atoms with E-state index in [0.29, 0.717) is 51.6 Å². The highest BCUT2D eigenvalue weighted by atomic mass is 16.4. The summed E-state index contributed by atoms with van der Waals surface area (Å²) < 4.78 is 0. The standard InChI is InChI=1S/C40H74N4O8/c1-3-5-7-9-11-13-15-17-19-27-35(45)41-31-23-21-25-33(39(49)50)43-37(47)29-30-38(48)44-34(40(51)52)26-22-24-32-42-36(46)28-20-18-16-14-12-10-8-6-4-2/h33-34H,3-32H2,1-2H3,(H,41,45)(H,42,46)(H,43,47)(H,44,48)(H,49,50)(H,51,52)/t33-,34-/m1/s1. The molecule has 0 aromatic rings. The van der Waals surface area contributed by atoms with Gasteiger partial charge in [0.15, 0.2) is 0 Å². The first-order valence-electron chi connectivity index (χ1n) is 20.7. The van der Waals surface area contributed by atoms with Gasteiger partial charge in [0.25, 0.3) is 0 Å². The fourth-order valence-corrected chi connectivity index (χ4v) is 6.05. The van der Waals surface area contributed by atoms with Gasteiger partial charge in [-0.15, -0.1) is 0 Å². The lowest BCUT2D eigenvalue weighted by Gasteiger charge is -2.16. The molecule has 0 rings (SSSR count). The Bertz CT molecular complexity index is 901. The fourth-order valence-electron chi connectivity index (χ4n) is 6.05. The van der Waals surface area contributed by atoms with Gasteiger partial charge in [0, 0.05) is 38.8 Å². The molecule has 0 saturated heterocycles. The van der Waals surface area contributed by atoms with Crippen LogP contribution in [0.1, 0.15) is 194 Å². The Morgan fingerprint density at radius 2 is 0.692 bits per heavy atom. The first kappa shape index (κ1) is 48.8. The Hall–Kier alpha value is -3.18. The molecule has 302 valence electrons. The van der Waals surface area contributed by atoms with Crippen molar-refractivity contribution in [2.75, 3.05) is 13.1 Å². The van der Waals surface area contributed by atoms with Crippen LogP contribution in [-0.2, 0) is 28.8 Å². The number of amides is 4. The molecule has 0 aliphatic carbocycles. The summed E-state index contributed by atoms with van der Waals surface area (Å²) in [6, 6.07) is -2.24. The quantitative estimate of drug-likeness (QED) is 0.0357. The second kappa shape index (κ2) is 34.9.